The van der Waals surface area contributed by atoms with Gasteiger partial charge < -0.3 is 19.1 Å². The van der Waals surface area contributed by atoms with Crippen molar-refractivity contribution in [3.8, 4) is 28.6 Å². The van der Waals surface area contributed by atoms with Crippen molar-refractivity contribution >= 4 is 23.2 Å². The van der Waals surface area contributed by atoms with Gasteiger partial charge in [0.1, 0.15) is 5.75 Å². The lowest BCUT2D eigenvalue weighted by molar-refractivity contribution is 0.0747. The maximum Gasteiger partial charge on any atom is 0.259 e. The second-order valence-electron chi connectivity index (χ2n) is 7.96. The van der Waals surface area contributed by atoms with Gasteiger partial charge in [-0.2, -0.15) is 4.98 Å². The van der Waals surface area contributed by atoms with Crippen molar-refractivity contribution in [2.45, 2.75) is 0 Å². The lowest BCUT2D eigenvalue weighted by Crippen LogP contribution is -2.48. The number of carbonyl (C=O) groups is 1. The van der Waals surface area contributed by atoms with E-state index in [2.05, 4.69) is 21.1 Å². The first-order valence-electron chi connectivity index (χ1n) is 11.0. The SMILES string of the molecule is COc1cccc(N2CCN(C(=O)c3ccccc3-c3nc(-c4ccc(Cl)cc4)no3)CC2)c1. The number of piperazine rings is 1. The first-order valence-corrected chi connectivity index (χ1v) is 11.4. The van der Waals surface area contributed by atoms with Crippen LogP contribution in [0.25, 0.3) is 22.8 Å². The first kappa shape index (κ1) is 22.0. The summed E-state index contributed by atoms with van der Waals surface area (Å²) in [7, 11) is 1.66. The number of hydrogen-bond donors (Lipinski definition) is 0. The second kappa shape index (κ2) is 9.57. The van der Waals surface area contributed by atoms with Gasteiger partial charge >= 0.3 is 0 Å². The smallest absolute Gasteiger partial charge is 0.259 e. The lowest BCUT2D eigenvalue weighted by Gasteiger charge is -2.36. The summed E-state index contributed by atoms with van der Waals surface area (Å²) in [5, 5.41) is 4.73. The fraction of sp³-hybridized carbons (Fsp3) is 0.192. The number of hydrogen-bond acceptors (Lipinski definition) is 6. The van der Waals surface area contributed by atoms with Gasteiger partial charge in [-0.05, 0) is 48.5 Å². The molecule has 1 aliphatic heterocycles. The number of methoxy groups -OCH3 is 1. The third kappa shape index (κ3) is 4.47. The third-order valence-corrected chi connectivity index (χ3v) is 6.15. The summed E-state index contributed by atoms with van der Waals surface area (Å²) in [6, 6.07) is 22.5. The van der Waals surface area contributed by atoms with Crippen molar-refractivity contribution in [1.29, 1.82) is 0 Å². The Bertz CT molecular complexity index is 1300. The van der Waals surface area contributed by atoms with Crippen LogP contribution in [0.5, 0.6) is 5.75 Å². The number of nitrogens with zero attached hydrogens (tertiary/aromatic N) is 4. The summed E-state index contributed by atoms with van der Waals surface area (Å²) in [4.78, 5) is 22.1. The molecular formula is C26H23ClN4O3. The van der Waals surface area contributed by atoms with Crippen molar-refractivity contribution < 1.29 is 14.1 Å². The Hall–Kier alpha value is -3.84. The molecule has 4 aromatic rings. The molecule has 0 unspecified atom stereocenters. The zero-order valence-electron chi connectivity index (χ0n) is 18.6. The van der Waals surface area contributed by atoms with Crippen molar-refractivity contribution in [3.63, 3.8) is 0 Å². The molecule has 172 valence electrons. The Balaban J connectivity index is 1.33. The van der Waals surface area contributed by atoms with Crippen LogP contribution in [-0.4, -0.2) is 54.2 Å². The predicted octanol–water partition coefficient (Wildman–Crippen LogP) is 5.03. The van der Waals surface area contributed by atoms with Gasteiger partial charge in [-0.25, -0.2) is 0 Å². The van der Waals surface area contributed by atoms with E-state index >= 15 is 0 Å². The lowest BCUT2D eigenvalue weighted by atomic mass is 10.1. The highest BCUT2D eigenvalue weighted by Crippen LogP contribution is 2.28. The molecule has 1 amide bonds. The van der Waals surface area contributed by atoms with Crippen LogP contribution in [0.1, 0.15) is 10.4 Å². The van der Waals surface area contributed by atoms with Crippen molar-refractivity contribution in [1.82, 2.24) is 15.0 Å². The highest BCUT2D eigenvalue weighted by Gasteiger charge is 2.26. The standard InChI is InChI=1S/C26H23ClN4O3/c1-33-21-6-4-5-20(17-21)30-13-15-31(16-14-30)26(32)23-8-3-2-7-22(23)25-28-24(29-34-25)18-9-11-19(27)12-10-18/h2-12,17H,13-16H2,1H3. The molecular weight excluding hydrogens is 452 g/mol. The molecule has 3 aromatic carbocycles. The van der Waals surface area contributed by atoms with Crippen LogP contribution in [0.2, 0.25) is 5.02 Å². The molecule has 0 spiro atoms. The van der Waals surface area contributed by atoms with Gasteiger partial charge in [0.25, 0.3) is 11.8 Å². The van der Waals surface area contributed by atoms with Gasteiger partial charge in [-0.1, -0.05) is 35.0 Å². The van der Waals surface area contributed by atoms with Gasteiger partial charge in [0, 0.05) is 48.5 Å². The number of benzene rings is 3. The molecule has 0 bridgehead atoms. The van der Waals surface area contributed by atoms with E-state index in [1.165, 1.54) is 0 Å². The molecule has 0 atom stereocenters. The third-order valence-electron chi connectivity index (χ3n) is 5.90. The molecule has 5 rings (SSSR count). The Kier molecular flexibility index (Phi) is 6.18. The summed E-state index contributed by atoms with van der Waals surface area (Å²) in [5.41, 5.74) is 3.04. The molecule has 0 saturated carbocycles. The average molecular weight is 475 g/mol. The van der Waals surface area contributed by atoms with Gasteiger partial charge in [0.05, 0.1) is 18.2 Å². The molecule has 1 saturated heterocycles. The average Bonchev–Trinajstić information content (AvgIpc) is 3.39. The summed E-state index contributed by atoms with van der Waals surface area (Å²) < 4.78 is 10.9. The van der Waals surface area contributed by atoms with Crippen LogP contribution in [0.4, 0.5) is 5.69 Å². The van der Waals surface area contributed by atoms with E-state index in [-0.39, 0.29) is 5.91 Å². The number of rotatable bonds is 5. The number of anilines is 1. The van der Waals surface area contributed by atoms with Crippen molar-refractivity contribution in [2.75, 3.05) is 38.2 Å². The monoisotopic (exact) mass is 474 g/mol. The molecule has 8 heteroatoms. The summed E-state index contributed by atoms with van der Waals surface area (Å²) in [5.74, 6) is 1.53. The molecule has 34 heavy (non-hydrogen) atoms. The van der Waals surface area contributed by atoms with Crippen LogP contribution in [-0.2, 0) is 0 Å². The molecule has 2 heterocycles. The number of aromatic nitrogens is 2. The minimum absolute atomic E-state index is 0.0489. The second-order valence-corrected chi connectivity index (χ2v) is 8.39. The summed E-state index contributed by atoms with van der Waals surface area (Å²) >= 11 is 5.97. The van der Waals surface area contributed by atoms with E-state index in [9.17, 15) is 4.79 Å². The molecule has 7 nitrogen and oxygen atoms in total. The van der Waals surface area contributed by atoms with E-state index in [0.29, 0.717) is 41.0 Å². The maximum atomic E-state index is 13.4. The van der Waals surface area contributed by atoms with Crippen LogP contribution in [0.15, 0.2) is 77.3 Å². The van der Waals surface area contributed by atoms with Crippen LogP contribution in [0, 0.1) is 0 Å². The molecule has 0 N–H and O–H groups in total. The van der Waals surface area contributed by atoms with E-state index in [0.717, 1.165) is 30.1 Å². The highest BCUT2D eigenvalue weighted by atomic mass is 35.5. The first-order chi connectivity index (χ1) is 16.6. The van der Waals surface area contributed by atoms with Gasteiger partial charge in [-0.15, -0.1) is 0 Å². The minimum Gasteiger partial charge on any atom is -0.497 e. The van der Waals surface area contributed by atoms with Crippen LogP contribution < -0.4 is 9.64 Å². The highest BCUT2D eigenvalue weighted by molar-refractivity contribution is 6.30. The number of carbonyl (C=O) groups excluding carboxylic acids is 1. The number of halogens is 1. The number of ether oxygens (including phenoxy) is 1. The van der Waals surface area contributed by atoms with E-state index in [4.69, 9.17) is 20.9 Å². The van der Waals surface area contributed by atoms with Crippen molar-refractivity contribution in [3.05, 3.63) is 83.4 Å². The number of amides is 1. The molecule has 0 aliphatic carbocycles. The zero-order chi connectivity index (χ0) is 23.5. The van der Waals surface area contributed by atoms with Gasteiger partial charge in [0.15, 0.2) is 0 Å². The molecule has 1 aliphatic rings. The van der Waals surface area contributed by atoms with Crippen molar-refractivity contribution in [2.24, 2.45) is 0 Å². The largest absolute Gasteiger partial charge is 0.497 e. The minimum atomic E-state index is -0.0489. The normalized spacial score (nSPS) is 13.7. The van der Waals surface area contributed by atoms with Gasteiger partial charge in [0.2, 0.25) is 5.82 Å². The fourth-order valence-electron chi connectivity index (χ4n) is 4.05. The predicted molar refractivity (Wildman–Crippen MR) is 131 cm³/mol. The molecule has 1 aromatic heterocycles. The molecule has 1 fully saturated rings. The fourth-order valence-corrected chi connectivity index (χ4v) is 4.18. The zero-order valence-corrected chi connectivity index (χ0v) is 19.4. The Morgan fingerprint density at radius 3 is 2.50 bits per heavy atom. The Morgan fingerprint density at radius 1 is 0.971 bits per heavy atom. The molecule has 0 radical (unpaired) electrons. The van der Waals surface area contributed by atoms with Crippen LogP contribution in [0.3, 0.4) is 0 Å². The summed E-state index contributed by atoms with van der Waals surface area (Å²) in [6.45, 7) is 2.71. The quantitative estimate of drug-likeness (QED) is 0.404. The van der Waals surface area contributed by atoms with E-state index < -0.39 is 0 Å². The maximum absolute atomic E-state index is 13.4. The Labute approximate surface area is 202 Å². The Morgan fingerprint density at radius 2 is 1.74 bits per heavy atom. The van der Waals surface area contributed by atoms with E-state index in [1.807, 2.05) is 53.4 Å². The van der Waals surface area contributed by atoms with E-state index in [1.54, 1.807) is 25.3 Å². The van der Waals surface area contributed by atoms with Gasteiger partial charge in [-0.3, -0.25) is 4.79 Å². The summed E-state index contributed by atoms with van der Waals surface area (Å²) in [6.07, 6.45) is 0. The topological polar surface area (TPSA) is 71.7 Å². The van der Waals surface area contributed by atoms with Crippen LogP contribution >= 0.6 is 11.6 Å².